The first kappa shape index (κ1) is 77.1. The summed E-state index contributed by atoms with van der Waals surface area (Å²) in [6, 6.07) is 0. The average Bonchev–Trinajstić information content (AvgIpc) is 2.99. The van der Waals surface area contributed by atoms with Crippen LogP contribution in [0.25, 0.3) is 0 Å². The predicted octanol–water partition coefficient (Wildman–Crippen LogP) is -10.3. The second kappa shape index (κ2) is 46.5. The molecule has 0 amide bonds. The minimum atomic E-state index is -2.19. The summed E-state index contributed by atoms with van der Waals surface area (Å²) in [5, 5.41) is 136. The van der Waals surface area contributed by atoms with Crippen LogP contribution in [-0.4, -0.2) is 189 Å². The Balaban J connectivity index is -0.0000000450. The second-order valence-electron chi connectivity index (χ2n) is 5.46. The Morgan fingerprint density at radius 2 is 0.214 bits per heavy atom. The maximum absolute atomic E-state index is 9.10. The monoisotopic (exact) mass is 920 g/mol. The van der Waals surface area contributed by atoms with Crippen molar-refractivity contribution in [2.75, 3.05) is 0 Å². The third-order valence-electron chi connectivity index (χ3n) is 1.63. The minimum absolute atomic E-state index is 0. The molecule has 0 spiro atoms. The number of carbonyl (C=O) groups excluding carboxylic acids is 2. The van der Waals surface area contributed by atoms with Crippen LogP contribution >= 0.6 is 0 Å². The van der Waals surface area contributed by atoms with E-state index in [1.165, 1.54) is 0 Å². The van der Waals surface area contributed by atoms with Crippen LogP contribution in [0.5, 0.6) is 0 Å². The van der Waals surface area contributed by atoms with Gasteiger partial charge in [0.15, 0.2) is 0 Å². The van der Waals surface area contributed by atoms with Crippen molar-refractivity contribution in [3.63, 3.8) is 0 Å². The van der Waals surface area contributed by atoms with Crippen LogP contribution in [0, 0.1) is 0 Å². The Hall–Kier alpha value is -8.50. The zero-order valence-corrected chi connectivity index (χ0v) is 27.2. The van der Waals surface area contributed by atoms with Gasteiger partial charge in [-0.3, -0.25) is 0 Å². The van der Waals surface area contributed by atoms with Gasteiger partial charge in [0.1, 0.15) is 0 Å². The van der Waals surface area contributed by atoms with E-state index < -0.39 is 107 Å². The zero-order valence-electron chi connectivity index (χ0n) is 25.0. The Morgan fingerprint density at radius 3 is 0.214 bits per heavy atom. The summed E-state index contributed by atoms with van der Waals surface area (Å²) in [5.74, 6) is -33.6. The summed E-state index contributed by atoms with van der Waals surface area (Å²) >= 11 is 0. The van der Waals surface area contributed by atoms with Gasteiger partial charge in [0, 0.05) is 34.1 Å². The largest absolute Gasteiger partial charge is 0.543 e. The van der Waals surface area contributed by atoms with Crippen molar-refractivity contribution >= 4 is 107 Å². The summed E-state index contributed by atoms with van der Waals surface area (Å²) in [5.41, 5.74) is 0. The molecular formula is C18H16Fe2O36-2. The van der Waals surface area contributed by atoms with E-state index in [1.807, 2.05) is 0 Å². The fourth-order valence-corrected chi connectivity index (χ4v) is 0. The molecule has 0 aliphatic carbocycles. The van der Waals surface area contributed by atoms with Crippen molar-refractivity contribution in [1.29, 1.82) is 0 Å². The van der Waals surface area contributed by atoms with E-state index in [1.54, 1.807) is 0 Å². The minimum Gasteiger partial charge on any atom is -0.543 e. The number of aliphatic carboxylic acids is 18. The van der Waals surface area contributed by atoms with Crippen LogP contribution in [0.15, 0.2) is 0 Å². The normalized spacial score (nSPS) is 7.07. The van der Waals surface area contributed by atoms with Gasteiger partial charge >= 0.3 is 95.5 Å². The van der Waals surface area contributed by atoms with Crippen LogP contribution in [0.3, 0.4) is 0 Å². The van der Waals surface area contributed by atoms with Crippen LogP contribution in [0.1, 0.15) is 0 Å². The SMILES string of the molecule is O=C(O)C(=O)O.O=C(O)C(=O)O.O=C(O)C(=O)O.O=C(O)C(=O)O.O=C(O)C(=O)O.O=C(O)C(=O)O.O=C(O)C(=O)O.O=C(O)C(=O)O.O=C([O-])C(=O)[O-].[Fe].[Fe]. The summed E-state index contributed by atoms with van der Waals surface area (Å²) < 4.78 is 0. The van der Waals surface area contributed by atoms with Gasteiger partial charge in [-0.1, -0.05) is 0 Å². The van der Waals surface area contributed by atoms with E-state index in [0.717, 1.165) is 0 Å². The van der Waals surface area contributed by atoms with Gasteiger partial charge in [-0.05, 0) is 0 Å². The number of carboxylic acid groups (broad SMARTS) is 18. The van der Waals surface area contributed by atoms with Crippen molar-refractivity contribution in [1.82, 2.24) is 0 Å². The molecule has 0 saturated heterocycles. The molecule has 0 rings (SSSR count). The molecule has 0 saturated carbocycles. The molecule has 0 aromatic rings. The zero-order chi connectivity index (χ0) is 46.4. The Morgan fingerprint density at radius 1 is 0.179 bits per heavy atom. The standard InChI is InChI=1S/9C2H2O4.2Fe/c9*3-1(4)2(5)6;;/h9*(H,3,4)(H,5,6);;/p-2. The molecule has 0 bridgehead atoms. The molecule has 0 aliphatic heterocycles. The van der Waals surface area contributed by atoms with Gasteiger partial charge in [0.05, 0.1) is 11.9 Å². The van der Waals surface area contributed by atoms with Gasteiger partial charge in [-0.25, -0.2) is 76.7 Å². The maximum atomic E-state index is 9.10. The van der Waals surface area contributed by atoms with E-state index in [-0.39, 0.29) is 34.1 Å². The first-order valence-electron chi connectivity index (χ1n) is 9.91. The van der Waals surface area contributed by atoms with Crippen molar-refractivity contribution in [3.05, 3.63) is 0 Å². The number of carboxylic acids is 18. The molecule has 0 aromatic carbocycles. The van der Waals surface area contributed by atoms with Crippen molar-refractivity contribution < 1.29 is 212 Å². The van der Waals surface area contributed by atoms with Crippen LogP contribution in [0.4, 0.5) is 0 Å². The first-order valence-corrected chi connectivity index (χ1v) is 9.91. The van der Waals surface area contributed by atoms with Gasteiger partial charge < -0.3 is 102 Å². The number of carbonyl (C=O) groups is 18. The molecule has 36 nitrogen and oxygen atoms in total. The molecule has 0 atom stereocenters. The van der Waals surface area contributed by atoms with Gasteiger partial charge in [-0.15, -0.1) is 0 Å². The molecule has 0 heterocycles. The fraction of sp³-hybridized carbons (Fsp3) is 0. The molecule has 0 fully saturated rings. The van der Waals surface area contributed by atoms with Crippen molar-refractivity contribution in [3.8, 4) is 0 Å². The Kier molecular flexibility index (Phi) is 64.0. The van der Waals surface area contributed by atoms with E-state index in [4.69, 9.17) is 178 Å². The number of rotatable bonds is 0. The van der Waals surface area contributed by atoms with E-state index in [2.05, 4.69) is 0 Å². The molecule has 0 radical (unpaired) electrons. The third kappa shape index (κ3) is 119. The van der Waals surface area contributed by atoms with Gasteiger partial charge in [0.25, 0.3) is 0 Å². The van der Waals surface area contributed by atoms with Gasteiger partial charge in [0.2, 0.25) is 0 Å². The van der Waals surface area contributed by atoms with E-state index in [9.17, 15) is 0 Å². The molecule has 38 heteroatoms. The summed E-state index contributed by atoms with van der Waals surface area (Å²) in [6.45, 7) is 0. The van der Waals surface area contributed by atoms with Crippen LogP contribution < -0.4 is 10.2 Å². The van der Waals surface area contributed by atoms with Crippen molar-refractivity contribution in [2.45, 2.75) is 0 Å². The van der Waals surface area contributed by atoms with E-state index >= 15 is 0 Å². The predicted molar refractivity (Wildman–Crippen MR) is 132 cm³/mol. The van der Waals surface area contributed by atoms with Crippen LogP contribution in [0.2, 0.25) is 0 Å². The smallest absolute Gasteiger partial charge is 0.414 e. The third-order valence-corrected chi connectivity index (χ3v) is 1.63. The molecule has 0 unspecified atom stereocenters. The van der Waals surface area contributed by atoms with Crippen LogP contribution in [-0.2, 0) is 120 Å². The molecular weight excluding hydrogens is 904 g/mol. The molecule has 0 aliphatic rings. The number of hydrogen-bond donors (Lipinski definition) is 16. The Labute approximate surface area is 319 Å². The molecule has 56 heavy (non-hydrogen) atoms. The fourth-order valence-electron chi connectivity index (χ4n) is 0. The number of hydrogen-bond acceptors (Lipinski definition) is 20. The molecule has 0 aromatic heterocycles. The topological polar surface area (TPSA) is 677 Å². The summed E-state index contributed by atoms with van der Waals surface area (Å²) in [6.07, 6.45) is 0. The van der Waals surface area contributed by atoms with Gasteiger partial charge in [-0.2, -0.15) is 0 Å². The molecule has 16 N–H and O–H groups in total. The average molecular weight is 920 g/mol. The first-order chi connectivity index (χ1) is 23.8. The Bertz CT molecular complexity index is 999. The quantitative estimate of drug-likeness (QED) is 0.0792. The molecule has 322 valence electrons. The van der Waals surface area contributed by atoms with E-state index in [0.29, 0.717) is 0 Å². The summed E-state index contributed by atoms with van der Waals surface area (Å²) in [7, 11) is 0. The summed E-state index contributed by atoms with van der Waals surface area (Å²) in [4.78, 5) is 163. The van der Waals surface area contributed by atoms with Crippen molar-refractivity contribution in [2.24, 2.45) is 0 Å². The maximum Gasteiger partial charge on any atom is 0.414 e. The second-order valence-corrected chi connectivity index (χ2v) is 5.46.